The number of rotatable bonds is 3. The highest BCUT2D eigenvalue weighted by Gasteiger charge is 2.18. The zero-order valence-electron chi connectivity index (χ0n) is 10.8. The van der Waals surface area contributed by atoms with Crippen LogP contribution in [-0.4, -0.2) is 24.4 Å². The van der Waals surface area contributed by atoms with Gasteiger partial charge in [-0.15, -0.1) is 0 Å². The second-order valence-electron chi connectivity index (χ2n) is 4.72. The summed E-state index contributed by atoms with van der Waals surface area (Å²) in [7, 11) is 0. The molecule has 2 unspecified atom stereocenters. The van der Waals surface area contributed by atoms with Gasteiger partial charge in [0.15, 0.2) is 11.5 Å². The van der Waals surface area contributed by atoms with Crippen LogP contribution in [0.3, 0.4) is 0 Å². The summed E-state index contributed by atoms with van der Waals surface area (Å²) in [5.74, 6) is 1.24. The van der Waals surface area contributed by atoms with E-state index < -0.39 is 12.3 Å². The predicted molar refractivity (Wildman–Crippen MR) is 67.0 cm³/mol. The minimum absolute atomic E-state index is 0.417. The van der Waals surface area contributed by atoms with Crippen LogP contribution in [0.5, 0.6) is 11.5 Å². The summed E-state index contributed by atoms with van der Waals surface area (Å²) in [6.45, 7) is 4.37. The van der Waals surface area contributed by atoms with Crippen LogP contribution in [0.4, 0.5) is 4.39 Å². The fourth-order valence-corrected chi connectivity index (χ4v) is 2.13. The highest BCUT2D eigenvalue weighted by molar-refractivity contribution is 5.48. The van der Waals surface area contributed by atoms with E-state index in [1.165, 1.54) is 6.92 Å². The highest BCUT2D eigenvalue weighted by Crippen LogP contribution is 2.36. The Labute approximate surface area is 107 Å². The first kappa shape index (κ1) is 13.1. The molecule has 1 aromatic rings. The summed E-state index contributed by atoms with van der Waals surface area (Å²) in [6, 6.07) is 3.49. The fraction of sp³-hybridized carbons (Fsp3) is 0.571. The van der Waals surface area contributed by atoms with Gasteiger partial charge in [0, 0.05) is 6.42 Å². The van der Waals surface area contributed by atoms with Gasteiger partial charge in [0.1, 0.15) is 6.17 Å². The van der Waals surface area contributed by atoms with Crippen LogP contribution in [0.25, 0.3) is 0 Å². The van der Waals surface area contributed by atoms with Crippen LogP contribution >= 0.6 is 0 Å². The topological polar surface area (TPSA) is 38.7 Å². The lowest BCUT2D eigenvalue weighted by molar-refractivity contribution is 0.194. The molecular formula is C14H19FO3. The first-order chi connectivity index (χ1) is 8.58. The molecular weight excluding hydrogens is 235 g/mol. The Hall–Kier alpha value is -1.29. The number of fused-ring (bicyclic) bond motifs is 1. The van der Waals surface area contributed by atoms with Gasteiger partial charge < -0.3 is 14.6 Å². The number of hydrogen-bond acceptors (Lipinski definition) is 3. The van der Waals surface area contributed by atoms with Gasteiger partial charge in [0.05, 0.1) is 19.3 Å². The Balaban J connectivity index is 2.40. The van der Waals surface area contributed by atoms with Crippen LogP contribution in [0, 0.1) is 0 Å². The second kappa shape index (κ2) is 5.57. The summed E-state index contributed by atoms with van der Waals surface area (Å²) in [6.07, 6.45) is -0.357. The second-order valence-corrected chi connectivity index (χ2v) is 4.72. The lowest BCUT2D eigenvalue weighted by Crippen LogP contribution is -2.08. The predicted octanol–water partition coefficient (Wildman–Crippen LogP) is 2.80. The van der Waals surface area contributed by atoms with E-state index in [0.29, 0.717) is 36.7 Å². The van der Waals surface area contributed by atoms with Crippen molar-refractivity contribution in [1.82, 2.24) is 0 Å². The molecule has 0 aliphatic carbocycles. The van der Waals surface area contributed by atoms with E-state index in [2.05, 4.69) is 0 Å². The molecule has 100 valence electrons. The summed E-state index contributed by atoms with van der Waals surface area (Å²) in [5.41, 5.74) is 1.35. The molecule has 0 saturated heterocycles. The lowest BCUT2D eigenvalue weighted by atomic mass is 9.98. The SMILES string of the molecule is CC(O)Cc1cc2c(cc1C(C)F)OCCCO2. The normalized spacial score (nSPS) is 18.0. The fourth-order valence-electron chi connectivity index (χ4n) is 2.13. The average molecular weight is 254 g/mol. The third kappa shape index (κ3) is 2.93. The Bertz CT molecular complexity index is 416. The van der Waals surface area contributed by atoms with Crippen LogP contribution in [0.1, 0.15) is 37.6 Å². The van der Waals surface area contributed by atoms with Crippen molar-refractivity contribution in [2.24, 2.45) is 0 Å². The molecule has 0 saturated carbocycles. The molecule has 2 atom stereocenters. The molecule has 4 heteroatoms. The van der Waals surface area contributed by atoms with E-state index in [0.717, 1.165) is 12.0 Å². The molecule has 0 aromatic heterocycles. The summed E-state index contributed by atoms with van der Waals surface area (Å²) >= 11 is 0. The Morgan fingerprint density at radius 2 is 1.83 bits per heavy atom. The molecule has 0 radical (unpaired) electrons. The van der Waals surface area contributed by atoms with Crippen molar-refractivity contribution in [3.63, 3.8) is 0 Å². The molecule has 1 N–H and O–H groups in total. The van der Waals surface area contributed by atoms with Gasteiger partial charge in [-0.05, 0) is 43.5 Å². The zero-order valence-corrected chi connectivity index (χ0v) is 10.8. The molecule has 1 heterocycles. The van der Waals surface area contributed by atoms with Gasteiger partial charge >= 0.3 is 0 Å². The Kier molecular flexibility index (Phi) is 4.07. The molecule has 0 amide bonds. The molecule has 3 nitrogen and oxygen atoms in total. The maximum Gasteiger partial charge on any atom is 0.161 e. The van der Waals surface area contributed by atoms with E-state index in [1.54, 1.807) is 19.1 Å². The largest absolute Gasteiger partial charge is 0.490 e. The number of ether oxygens (including phenoxy) is 2. The number of alkyl halides is 1. The van der Waals surface area contributed by atoms with Crippen LogP contribution in [0.2, 0.25) is 0 Å². The molecule has 2 rings (SSSR count). The molecule has 1 aromatic carbocycles. The van der Waals surface area contributed by atoms with Gasteiger partial charge in [0.25, 0.3) is 0 Å². The Morgan fingerprint density at radius 1 is 1.22 bits per heavy atom. The first-order valence-electron chi connectivity index (χ1n) is 6.32. The smallest absolute Gasteiger partial charge is 0.161 e. The van der Waals surface area contributed by atoms with Crippen molar-refractivity contribution in [3.8, 4) is 11.5 Å². The van der Waals surface area contributed by atoms with Crippen molar-refractivity contribution in [1.29, 1.82) is 0 Å². The standard InChI is InChI=1S/C14H19FO3/c1-9(16)6-11-7-13-14(8-12(11)10(2)15)18-5-3-4-17-13/h7-10,16H,3-6H2,1-2H3. The minimum Gasteiger partial charge on any atom is -0.490 e. The molecule has 0 bridgehead atoms. The van der Waals surface area contributed by atoms with Crippen molar-refractivity contribution < 1.29 is 19.0 Å². The quantitative estimate of drug-likeness (QED) is 0.901. The highest BCUT2D eigenvalue weighted by atomic mass is 19.1. The maximum atomic E-state index is 13.6. The molecule has 1 aliphatic heterocycles. The summed E-state index contributed by atoms with van der Waals surface area (Å²) < 4.78 is 24.8. The maximum absolute atomic E-state index is 13.6. The van der Waals surface area contributed by atoms with Crippen LogP contribution < -0.4 is 9.47 Å². The van der Waals surface area contributed by atoms with Crippen LogP contribution in [-0.2, 0) is 6.42 Å². The van der Waals surface area contributed by atoms with E-state index in [4.69, 9.17) is 9.47 Å². The van der Waals surface area contributed by atoms with E-state index in [9.17, 15) is 9.50 Å². The third-order valence-electron chi connectivity index (χ3n) is 2.95. The van der Waals surface area contributed by atoms with Gasteiger partial charge in [-0.3, -0.25) is 0 Å². The van der Waals surface area contributed by atoms with Gasteiger partial charge in [0.2, 0.25) is 0 Å². The Morgan fingerprint density at radius 3 is 2.39 bits per heavy atom. The van der Waals surface area contributed by atoms with Gasteiger partial charge in [-0.2, -0.15) is 0 Å². The van der Waals surface area contributed by atoms with E-state index in [-0.39, 0.29) is 0 Å². The summed E-state index contributed by atoms with van der Waals surface area (Å²) in [4.78, 5) is 0. The van der Waals surface area contributed by atoms with E-state index in [1.807, 2.05) is 0 Å². The monoisotopic (exact) mass is 254 g/mol. The first-order valence-corrected chi connectivity index (χ1v) is 6.32. The number of aliphatic hydroxyl groups excluding tert-OH is 1. The number of hydrogen-bond donors (Lipinski definition) is 1. The van der Waals surface area contributed by atoms with E-state index >= 15 is 0 Å². The van der Waals surface area contributed by atoms with Gasteiger partial charge in [-0.25, -0.2) is 4.39 Å². The summed E-state index contributed by atoms with van der Waals surface area (Å²) in [5, 5.41) is 9.48. The number of benzene rings is 1. The lowest BCUT2D eigenvalue weighted by Gasteiger charge is -2.16. The van der Waals surface area contributed by atoms with Crippen LogP contribution in [0.15, 0.2) is 12.1 Å². The molecule has 0 spiro atoms. The van der Waals surface area contributed by atoms with Crippen molar-refractivity contribution >= 4 is 0 Å². The molecule has 0 fully saturated rings. The third-order valence-corrected chi connectivity index (χ3v) is 2.95. The average Bonchev–Trinajstić information content (AvgIpc) is 2.51. The van der Waals surface area contributed by atoms with Crippen molar-refractivity contribution in [2.45, 2.75) is 39.0 Å². The minimum atomic E-state index is -1.09. The molecule has 18 heavy (non-hydrogen) atoms. The van der Waals surface area contributed by atoms with Crippen molar-refractivity contribution in [3.05, 3.63) is 23.3 Å². The number of aliphatic hydroxyl groups is 1. The molecule has 1 aliphatic rings. The van der Waals surface area contributed by atoms with Crippen molar-refractivity contribution in [2.75, 3.05) is 13.2 Å². The number of halogens is 1. The van der Waals surface area contributed by atoms with Gasteiger partial charge in [-0.1, -0.05) is 0 Å². The zero-order chi connectivity index (χ0) is 13.1.